The van der Waals surface area contributed by atoms with E-state index in [2.05, 4.69) is 13.2 Å². The Morgan fingerprint density at radius 2 is 2.11 bits per heavy atom. The van der Waals surface area contributed by atoms with Crippen molar-refractivity contribution in [2.24, 2.45) is 0 Å². The Kier molecular flexibility index (Phi) is 1.02. The highest BCUT2D eigenvalue weighted by Crippen LogP contribution is 2.26. The van der Waals surface area contributed by atoms with Gasteiger partial charge in [-0.25, -0.2) is 0 Å². The van der Waals surface area contributed by atoms with E-state index in [9.17, 15) is 4.79 Å². The van der Waals surface area contributed by atoms with Crippen molar-refractivity contribution in [2.45, 2.75) is 0 Å². The molecule has 0 atom stereocenters. The number of aliphatic hydroxyl groups excluding tert-OH is 1. The van der Waals surface area contributed by atoms with E-state index in [0.717, 1.165) is 0 Å². The van der Waals surface area contributed by atoms with Crippen LogP contribution in [0.4, 0.5) is 0 Å². The van der Waals surface area contributed by atoms with Gasteiger partial charge < -0.3 is 5.11 Å². The van der Waals surface area contributed by atoms with Gasteiger partial charge in [0.1, 0.15) is 0 Å². The van der Waals surface area contributed by atoms with Crippen molar-refractivity contribution < 1.29 is 9.90 Å². The van der Waals surface area contributed by atoms with E-state index in [0.29, 0.717) is 11.1 Å². The monoisotopic (exact) mass is 122 g/mol. The molecule has 0 aromatic carbocycles. The molecule has 0 bridgehead atoms. The lowest BCUT2D eigenvalue weighted by molar-refractivity contribution is -0.115. The van der Waals surface area contributed by atoms with Crippen LogP contribution in [0.2, 0.25) is 0 Å². The molecule has 0 radical (unpaired) electrons. The van der Waals surface area contributed by atoms with Gasteiger partial charge in [-0.05, 0) is 0 Å². The average Bonchev–Trinajstić information content (AvgIpc) is 1.89. The maximum Gasteiger partial charge on any atom is 0.228 e. The molecule has 46 valence electrons. The number of carbonyl (C=O) groups excluding carboxylic acids is 1. The van der Waals surface area contributed by atoms with Crippen LogP contribution in [0, 0.1) is 0 Å². The van der Waals surface area contributed by atoms with E-state index < -0.39 is 0 Å². The predicted molar refractivity (Wildman–Crippen MR) is 34.0 cm³/mol. The van der Waals surface area contributed by atoms with Gasteiger partial charge in [0, 0.05) is 11.1 Å². The van der Waals surface area contributed by atoms with Crippen molar-refractivity contribution in [3.63, 3.8) is 0 Å². The SMILES string of the molecule is C=CC1=C(O)C(=O)C1=C. The van der Waals surface area contributed by atoms with Crippen LogP contribution < -0.4 is 0 Å². The smallest absolute Gasteiger partial charge is 0.228 e. The largest absolute Gasteiger partial charge is 0.504 e. The highest BCUT2D eigenvalue weighted by Gasteiger charge is 2.28. The quantitative estimate of drug-likeness (QED) is 0.529. The summed E-state index contributed by atoms with van der Waals surface area (Å²) < 4.78 is 0. The third kappa shape index (κ3) is 0.528. The summed E-state index contributed by atoms with van der Waals surface area (Å²) in [4.78, 5) is 10.5. The maximum atomic E-state index is 10.5. The molecule has 0 saturated heterocycles. The molecular weight excluding hydrogens is 116 g/mol. The molecule has 0 saturated carbocycles. The molecule has 0 aliphatic heterocycles. The van der Waals surface area contributed by atoms with Crippen molar-refractivity contribution in [3.05, 3.63) is 36.1 Å². The van der Waals surface area contributed by atoms with Crippen LogP contribution in [-0.2, 0) is 4.79 Å². The number of Topliss-reactive ketones (excluding diaryl/α,β-unsaturated/α-hetero) is 1. The molecule has 0 unspecified atom stereocenters. The summed E-state index contributed by atoms with van der Waals surface area (Å²) in [6.45, 7) is 6.79. The third-order valence-electron chi connectivity index (χ3n) is 1.27. The summed E-state index contributed by atoms with van der Waals surface area (Å²) in [6.07, 6.45) is 1.42. The molecule has 0 amide bonds. The van der Waals surface area contributed by atoms with Crippen molar-refractivity contribution in [1.29, 1.82) is 0 Å². The number of allylic oxidation sites excluding steroid dienone is 3. The number of carbonyl (C=O) groups is 1. The minimum Gasteiger partial charge on any atom is -0.504 e. The van der Waals surface area contributed by atoms with Gasteiger partial charge in [0.05, 0.1) is 0 Å². The van der Waals surface area contributed by atoms with E-state index in [1.807, 2.05) is 0 Å². The third-order valence-corrected chi connectivity index (χ3v) is 1.27. The van der Waals surface area contributed by atoms with Crippen LogP contribution in [0.25, 0.3) is 0 Å². The van der Waals surface area contributed by atoms with Gasteiger partial charge in [-0.2, -0.15) is 0 Å². The zero-order valence-corrected chi connectivity index (χ0v) is 4.85. The minimum atomic E-state index is -0.370. The van der Waals surface area contributed by atoms with Gasteiger partial charge in [0.25, 0.3) is 0 Å². The Morgan fingerprint density at radius 3 is 2.33 bits per heavy atom. The Balaban J connectivity index is 3.10. The van der Waals surface area contributed by atoms with Gasteiger partial charge >= 0.3 is 0 Å². The number of hydrogen-bond acceptors (Lipinski definition) is 2. The summed E-state index contributed by atoms with van der Waals surface area (Å²) in [6, 6.07) is 0. The van der Waals surface area contributed by atoms with Crippen LogP contribution >= 0.6 is 0 Å². The van der Waals surface area contributed by atoms with E-state index in [-0.39, 0.29) is 11.5 Å². The van der Waals surface area contributed by atoms with Crippen LogP contribution in [0.3, 0.4) is 0 Å². The molecule has 1 aliphatic carbocycles. The fraction of sp³-hybridized carbons (Fsp3) is 0. The molecule has 1 aliphatic rings. The van der Waals surface area contributed by atoms with E-state index in [1.54, 1.807) is 0 Å². The molecule has 0 heterocycles. The van der Waals surface area contributed by atoms with Crippen molar-refractivity contribution >= 4 is 5.78 Å². The topological polar surface area (TPSA) is 37.3 Å². The van der Waals surface area contributed by atoms with E-state index >= 15 is 0 Å². The Morgan fingerprint density at radius 1 is 1.56 bits per heavy atom. The van der Waals surface area contributed by atoms with E-state index in [1.165, 1.54) is 6.08 Å². The van der Waals surface area contributed by atoms with Gasteiger partial charge in [-0.1, -0.05) is 19.2 Å². The molecule has 2 nitrogen and oxygen atoms in total. The molecule has 2 heteroatoms. The fourth-order valence-corrected chi connectivity index (χ4v) is 0.688. The van der Waals surface area contributed by atoms with Crippen molar-refractivity contribution in [1.82, 2.24) is 0 Å². The molecule has 0 aromatic heterocycles. The van der Waals surface area contributed by atoms with Gasteiger partial charge in [0.15, 0.2) is 5.76 Å². The van der Waals surface area contributed by atoms with Crippen LogP contribution in [0.5, 0.6) is 0 Å². The van der Waals surface area contributed by atoms with Gasteiger partial charge in [-0.3, -0.25) is 4.79 Å². The second-order valence-electron chi connectivity index (χ2n) is 1.77. The molecule has 9 heavy (non-hydrogen) atoms. The molecule has 0 spiro atoms. The molecule has 1 rings (SSSR count). The molecule has 0 fully saturated rings. The minimum absolute atomic E-state index is 0.213. The normalized spacial score (nSPS) is 17.8. The summed E-state index contributed by atoms with van der Waals surface area (Å²) in [5.74, 6) is -0.583. The average molecular weight is 122 g/mol. The first kappa shape index (κ1) is 5.82. The number of ketones is 1. The van der Waals surface area contributed by atoms with Gasteiger partial charge in [0.2, 0.25) is 5.78 Å². The van der Waals surface area contributed by atoms with Crippen molar-refractivity contribution in [3.8, 4) is 0 Å². The number of rotatable bonds is 1. The van der Waals surface area contributed by atoms with Crippen LogP contribution in [-0.4, -0.2) is 10.9 Å². The van der Waals surface area contributed by atoms with Crippen LogP contribution in [0.1, 0.15) is 0 Å². The summed E-state index contributed by atoms with van der Waals surface area (Å²) in [5, 5.41) is 8.74. The Bertz CT molecular complexity index is 233. The first-order chi connectivity index (χ1) is 4.18. The summed E-state index contributed by atoms with van der Waals surface area (Å²) >= 11 is 0. The Hall–Kier alpha value is -1.31. The van der Waals surface area contributed by atoms with Crippen LogP contribution in [0.15, 0.2) is 36.1 Å². The fourth-order valence-electron chi connectivity index (χ4n) is 0.688. The highest BCUT2D eigenvalue weighted by atomic mass is 16.3. The highest BCUT2D eigenvalue weighted by molar-refractivity contribution is 6.18. The zero-order chi connectivity index (χ0) is 7.02. The predicted octanol–water partition coefficient (Wildman–Crippen LogP) is 1.12. The lowest BCUT2D eigenvalue weighted by Crippen LogP contribution is -2.19. The molecule has 1 N–H and O–H groups in total. The first-order valence-electron chi connectivity index (χ1n) is 2.48. The van der Waals surface area contributed by atoms with Gasteiger partial charge in [-0.15, -0.1) is 0 Å². The zero-order valence-electron chi connectivity index (χ0n) is 4.85. The Labute approximate surface area is 52.8 Å². The number of aliphatic hydroxyl groups is 1. The lowest BCUT2D eigenvalue weighted by atomic mass is 9.89. The summed E-state index contributed by atoms with van der Waals surface area (Å²) in [7, 11) is 0. The van der Waals surface area contributed by atoms with Crippen molar-refractivity contribution in [2.75, 3.05) is 0 Å². The molecule has 0 aromatic rings. The molecular formula is C7H6O2. The maximum absolute atomic E-state index is 10.5. The first-order valence-corrected chi connectivity index (χ1v) is 2.48. The second-order valence-corrected chi connectivity index (χ2v) is 1.77. The standard InChI is InChI=1S/C7H6O2/c1-3-5-4(2)6(8)7(5)9/h3,9H,1-2H2. The second kappa shape index (κ2) is 1.58. The summed E-state index contributed by atoms with van der Waals surface area (Å²) in [5.41, 5.74) is 0.822. The van der Waals surface area contributed by atoms with E-state index in [4.69, 9.17) is 5.11 Å². The lowest BCUT2D eigenvalue weighted by Gasteiger charge is -2.15. The number of hydrogen-bond donors (Lipinski definition) is 1.